The quantitative estimate of drug-likeness (QED) is 0.479. The largest absolute Gasteiger partial charge is 0.481 e. The van der Waals surface area contributed by atoms with E-state index in [4.69, 9.17) is 5.11 Å². The Balaban J connectivity index is 5.69. The third kappa shape index (κ3) is 5.15. The molecule has 0 heterocycles. The molecule has 0 saturated heterocycles. The van der Waals surface area contributed by atoms with E-state index in [0.29, 0.717) is 0 Å². The van der Waals surface area contributed by atoms with Crippen molar-refractivity contribution in [1.82, 2.24) is 0 Å². The van der Waals surface area contributed by atoms with Gasteiger partial charge in [0.25, 0.3) is 11.7 Å². The molecular formula is C10H11F6O5P. The maximum Gasteiger partial charge on any atom is 0.348 e. The highest BCUT2D eigenvalue weighted by Crippen LogP contribution is 2.57. The second-order valence-corrected chi connectivity index (χ2v) is 5.78. The number of halogens is 6. The fourth-order valence-electron chi connectivity index (χ4n) is 0.983. The molecule has 0 aliphatic heterocycles. The fraction of sp³-hybridized carbons (Fsp3) is 0.500. The molecular weight excluding hydrogens is 345 g/mol. The molecule has 0 fully saturated rings. The molecule has 0 aromatic heterocycles. The standard InChI is InChI=1S/C10H11F6O5P/c1-6(13)9(15,4-11)20-22(19,3-8(17)18)21-10(16,5-12)7(2)14/h1-5H2,(H,17,18). The minimum atomic E-state index is -5.59. The lowest BCUT2D eigenvalue weighted by molar-refractivity contribution is -0.136. The summed E-state index contributed by atoms with van der Waals surface area (Å²) in [5.74, 6) is -14.7. The number of hydrogen-bond acceptors (Lipinski definition) is 4. The second kappa shape index (κ2) is 7.30. The van der Waals surface area contributed by atoms with Gasteiger partial charge in [0, 0.05) is 0 Å². The molecule has 1 N–H and O–H groups in total. The van der Waals surface area contributed by atoms with Gasteiger partial charge in [-0.15, -0.1) is 0 Å². The molecule has 0 aromatic carbocycles. The number of hydrogen-bond donors (Lipinski definition) is 1. The number of carboxylic acids is 1. The van der Waals surface area contributed by atoms with E-state index in [2.05, 4.69) is 22.2 Å². The Morgan fingerprint density at radius 2 is 1.36 bits per heavy atom. The smallest absolute Gasteiger partial charge is 0.348 e. The first-order chi connectivity index (χ1) is 9.84. The van der Waals surface area contributed by atoms with Gasteiger partial charge >= 0.3 is 13.6 Å². The van der Waals surface area contributed by atoms with E-state index in [0.717, 1.165) is 0 Å². The van der Waals surface area contributed by atoms with Gasteiger partial charge in [0.15, 0.2) is 25.0 Å². The maximum absolute atomic E-state index is 13.6. The highest BCUT2D eigenvalue weighted by Gasteiger charge is 2.51. The van der Waals surface area contributed by atoms with Crippen molar-refractivity contribution in [1.29, 1.82) is 0 Å². The van der Waals surface area contributed by atoms with Crippen molar-refractivity contribution in [3.63, 3.8) is 0 Å². The van der Waals surface area contributed by atoms with Gasteiger partial charge in [0.2, 0.25) is 0 Å². The van der Waals surface area contributed by atoms with Crippen LogP contribution < -0.4 is 0 Å². The number of carboxylic acid groups (broad SMARTS) is 1. The van der Waals surface area contributed by atoms with Crippen molar-refractivity contribution in [2.24, 2.45) is 0 Å². The second-order valence-electron chi connectivity index (χ2n) is 3.88. The van der Waals surface area contributed by atoms with Crippen LogP contribution in [0.1, 0.15) is 0 Å². The van der Waals surface area contributed by atoms with Gasteiger partial charge < -0.3 is 5.11 Å². The molecule has 0 aromatic rings. The van der Waals surface area contributed by atoms with Crippen LogP contribution in [-0.4, -0.2) is 42.3 Å². The van der Waals surface area contributed by atoms with Gasteiger partial charge in [-0.05, 0) is 0 Å². The Morgan fingerprint density at radius 3 is 1.55 bits per heavy atom. The fourth-order valence-corrected chi connectivity index (χ4v) is 2.66. The lowest BCUT2D eigenvalue weighted by atomic mass is 10.3. The molecule has 0 radical (unpaired) electrons. The zero-order chi connectivity index (χ0) is 17.8. The molecule has 0 saturated carbocycles. The van der Waals surface area contributed by atoms with Gasteiger partial charge in [0.1, 0.15) is 6.16 Å². The highest BCUT2D eigenvalue weighted by molar-refractivity contribution is 7.54. The molecule has 0 aliphatic carbocycles. The summed E-state index contributed by atoms with van der Waals surface area (Å²) >= 11 is 0. The van der Waals surface area contributed by atoms with E-state index in [1.54, 1.807) is 0 Å². The van der Waals surface area contributed by atoms with E-state index >= 15 is 0 Å². The van der Waals surface area contributed by atoms with Crippen molar-refractivity contribution >= 4 is 13.6 Å². The lowest BCUT2D eigenvalue weighted by Crippen LogP contribution is -2.35. The molecule has 5 nitrogen and oxygen atoms in total. The first kappa shape index (κ1) is 20.7. The summed E-state index contributed by atoms with van der Waals surface area (Å²) in [7, 11) is -5.59. The van der Waals surface area contributed by atoms with Gasteiger partial charge in [0.05, 0.1) is 0 Å². The maximum atomic E-state index is 13.6. The molecule has 12 heteroatoms. The number of aliphatic carboxylic acids is 1. The Kier molecular flexibility index (Phi) is 6.86. The first-order valence-corrected chi connectivity index (χ1v) is 6.99. The van der Waals surface area contributed by atoms with Crippen molar-refractivity contribution in [3.8, 4) is 0 Å². The van der Waals surface area contributed by atoms with Crippen LogP contribution in [0.2, 0.25) is 0 Å². The number of rotatable bonds is 10. The monoisotopic (exact) mass is 356 g/mol. The number of carbonyl (C=O) groups is 1. The van der Waals surface area contributed by atoms with E-state index in [1.165, 1.54) is 0 Å². The molecule has 2 atom stereocenters. The summed E-state index contributed by atoms with van der Waals surface area (Å²) in [5.41, 5.74) is 0. The Bertz CT molecular complexity index is 480. The van der Waals surface area contributed by atoms with Gasteiger partial charge in [-0.2, -0.15) is 0 Å². The summed E-state index contributed by atoms with van der Waals surface area (Å²) in [5, 5.41) is 8.47. The van der Waals surface area contributed by atoms with Crippen LogP contribution in [0.25, 0.3) is 0 Å². The van der Waals surface area contributed by atoms with Crippen LogP contribution in [0.5, 0.6) is 0 Å². The van der Waals surface area contributed by atoms with E-state index in [1.807, 2.05) is 0 Å². The Labute approximate surface area is 120 Å². The van der Waals surface area contributed by atoms with Gasteiger partial charge in [-0.25, -0.2) is 26.3 Å². The third-order valence-corrected chi connectivity index (χ3v) is 3.84. The Morgan fingerprint density at radius 1 is 1.05 bits per heavy atom. The molecule has 2 unspecified atom stereocenters. The Hall–Kier alpha value is -1.32. The van der Waals surface area contributed by atoms with Crippen LogP contribution in [0.15, 0.2) is 24.8 Å². The number of alkyl halides is 4. The molecule has 0 amide bonds. The molecule has 0 aliphatic rings. The van der Waals surface area contributed by atoms with Crippen LogP contribution in [0.4, 0.5) is 26.3 Å². The van der Waals surface area contributed by atoms with Crippen molar-refractivity contribution in [2.75, 3.05) is 19.5 Å². The summed E-state index contributed by atoms with van der Waals surface area (Å²) < 4.78 is 97.0. The van der Waals surface area contributed by atoms with Crippen LogP contribution >= 0.6 is 7.60 Å². The molecule has 22 heavy (non-hydrogen) atoms. The van der Waals surface area contributed by atoms with Crippen molar-refractivity contribution < 1.29 is 49.9 Å². The molecule has 0 rings (SSSR count). The predicted molar refractivity (Wildman–Crippen MR) is 62.4 cm³/mol. The zero-order valence-electron chi connectivity index (χ0n) is 10.8. The topological polar surface area (TPSA) is 72.8 Å². The van der Waals surface area contributed by atoms with Crippen molar-refractivity contribution in [2.45, 2.75) is 11.7 Å². The van der Waals surface area contributed by atoms with Crippen LogP contribution in [0.3, 0.4) is 0 Å². The van der Waals surface area contributed by atoms with Crippen LogP contribution in [0, 0.1) is 0 Å². The third-order valence-electron chi connectivity index (χ3n) is 2.05. The molecule has 128 valence electrons. The first-order valence-electron chi connectivity index (χ1n) is 5.26. The summed E-state index contributed by atoms with van der Waals surface area (Å²) in [6.07, 6.45) is -1.84. The average molecular weight is 356 g/mol. The SMILES string of the molecule is C=C(F)C(F)(CF)OP(=O)(CC(=O)O)OC(F)(CF)C(=C)F. The predicted octanol–water partition coefficient (Wildman–Crippen LogP) is 3.53. The minimum absolute atomic E-state index is 1.84. The normalized spacial score (nSPS) is 19.5. The van der Waals surface area contributed by atoms with E-state index in [9.17, 15) is 35.7 Å². The summed E-state index contributed by atoms with van der Waals surface area (Å²) in [6.45, 7) is -0.0471. The zero-order valence-corrected chi connectivity index (χ0v) is 11.7. The van der Waals surface area contributed by atoms with Gasteiger partial charge in [-0.3, -0.25) is 18.4 Å². The minimum Gasteiger partial charge on any atom is -0.481 e. The van der Waals surface area contributed by atoms with Crippen LogP contribution in [-0.2, 0) is 18.4 Å². The van der Waals surface area contributed by atoms with E-state index < -0.39 is 56.4 Å². The average Bonchev–Trinajstić information content (AvgIpc) is 2.36. The lowest BCUT2D eigenvalue weighted by Gasteiger charge is -2.29. The summed E-state index contributed by atoms with van der Waals surface area (Å²) in [4.78, 5) is 10.5. The molecule has 0 bridgehead atoms. The molecule has 0 spiro atoms. The van der Waals surface area contributed by atoms with Gasteiger partial charge in [-0.1, -0.05) is 13.2 Å². The van der Waals surface area contributed by atoms with E-state index in [-0.39, 0.29) is 0 Å². The van der Waals surface area contributed by atoms with Crippen molar-refractivity contribution in [3.05, 3.63) is 24.8 Å². The summed E-state index contributed by atoms with van der Waals surface area (Å²) in [6, 6.07) is 0. The highest BCUT2D eigenvalue weighted by atomic mass is 31.2.